The highest BCUT2D eigenvalue weighted by molar-refractivity contribution is 5.86. The zero-order chi connectivity index (χ0) is 12.3. The number of hydrogen-bond acceptors (Lipinski definition) is 4. The molecule has 2 atom stereocenters. The molecular weight excluding hydrogens is 218 g/mol. The van der Waals surface area contributed by atoms with Gasteiger partial charge in [0.05, 0.1) is 12.6 Å². The molecule has 1 saturated heterocycles. The summed E-state index contributed by atoms with van der Waals surface area (Å²) in [4.78, 5) is 33.6. The highest BCUT2D eigenvalue weighted by Gasteiger charge is 2.38. The van der Waals surface area contributed by atoms with Gasteiger partial charge in [-0.25, -0.2) is 9.59 Å². The van der Waals surface area contributed by atoms with Crippen molar-refractivity contribution >= 4 is 17.9 Å². The van der Waals surface area contributed by atoms with Gasteiger partial charge in [-0.15, -0.1) is 0 Å². The Balaban J connectivity index is 2.59. The van der Waals surface area contributed by atoms with E-state index in [-0.39, 0.29) is 19.5 Å². The molecule has 1 heterocycles. The Morgan fingerprint density at radius 1 is 1.44 bits per heavy atom. The first-order chi connectivity index (χ1) is 7.41. The van der Waals surface area contributed by atoms with Gasteiger partial charge < -0.3 is 26.2 Å². The Bertz CT molecular complexity index is 319. The maximum atomic E-state index is 11.4. The van der Waals surface area contributed by atoms with Crippen LogP contribution >= 0.6 is 0 Å². The number of nitrogens with zero attached hydrogens (tertiary/aromatic N) is 1. The van der Waals surface area contributed by atoms with Crippen molar-refractivity contribution in [3.63, 3.8) is 0 Å². The predicted molar refractivity (Wildman–Crippen MR) is 51.3 cm³/mol. The van der Waals surface area contributed by atoms with Crippen LogP contribution in [0.25, 0.3) is 0 Å². The van der Waals surface area contributed by atoms with Gasteiger partial charge in [0.1, 0.15) is 6.04 Å². The van der Waals surface area contributed by atoms with Crippen LogP contribution in [-0.4, -0.2) is 58.3 Å². The van der Waals surface area contributed by atoms with Crippen molar-refractivity contribution < 1.29 is 24.6 Å². The van der Waals surface area contributed by atoms with E-state index in [9.17, 15) is 19.5 Å². The largest absolute Gasteiger partial charge is 0.480 e. The molecule has 90 valence electrons. The topological polar surface area (TPSA) is 133 Å². The molecule has 0 aromatic heterocycles. The number of carboxylic acid groups (broad SMARTS) is 1. The van der Waals surface area contributed by atoms with E-state index in [0.717, 1.165) is 4.90 Å². The minimum absolute atomic E-state index is 0.0146. The number of carboxylic acids is 1. The number of primary amides is 1. The van der Waals surface area contributed by atoms with Crippen molar-refractivity contribution in [2.24, 2.45) is 5.73 Å². The van der Waals surface area contributed by atoms with Crippen LogP contribution in [-0.2, 0) is 9.59 Å². The molecular formula is C8H13N3O5. The normalized spacial score (nSPS) is 24.2. The fourth-order valence-corrected chi connectivity index (χ4v) is 1.54. The molecule has 0 aliphatic carbocycles. The summed E-state index contributed by atoms with van der Waals surface area (Å²) in [6, 6.07) is -1.79. The molecule has 1 aliphatic heterocycles. The molecule has 1 rings (SSSR count). The van der Waals surface area contributed by atoms with Crippen LogP contribution in [0.3, 0.4) is 0 Å². The van der Waals surface area contributed by atoms with Crippen LogP contribution in [0.15, 0.2) is 0 Å². The molecule has 0 saturated carbocycles. The second kappa shape index (κ2) is 4.79. The average Bonchev–Trinajstić information content (AvgIpc) is 2.56. The first-order valence-corrected chi connectivity index (χ1v) is 4.65. The second-order valence-electron chi connectivity index (χ2n) is 3.52. The van der Waals surface area contributed by atoms with E-state index in [0.29, 0.717) is 0 Å². The lowest BCUT2D eigenvalue weighted by atomic mass is 10.2. The van der Waals surface area contributed by atoms with Crippen LogP contribution < -0.4 is 11.1 Å². The SMILES string of the molecule is NC(=O)CNC(=O)N1CC(O)C[C@H]1C(=O)O. The molecule has 0 aromatic carbocycles. The Morgan fingerprint density at radius 2 is 2.06 bits per heavy atom. The highest BCUT2D eigenvalue weighted by Crippen LogP contribution is 2.17. The number of carbonyl (C=O) groups is 3. The summed E-state index contributed by atoms with van der Waals surface area (Å²) < 4.78 is 0. The van der Waals surface area contributed by atoms with Crippen LogP contribution in [0.2, 0.25) is 0 Å². The lowest BCUT2D eigenvalue weighted by Gasteiger charge is -2.20. The monoisotopic (exact) mass is 231 g/mol. The number of nitrogens with one attached hydrogen (secondary N) is 1. The third-order valence-corrected chi connectivity index (χ3v) is 2.24. The Kier molecular flexibility index (Phi) is 3.67. The van der Waals surface area contributed by atoms with Crippen LogP contribution in [0, 0.1) is 0 Å². The summed E-state index contributed by atoms with van der Waals surface area (Å²) in [5.41, 5.74) is 4.82. The molecule has 1 unspecified atom stereocenters. The first-order valence-electron chi connectivity index (χ1n) is 4.65. The van der Waals surface area contributed by atoms with Gasteiger partial charge in [-0.1, -0.05) is 0 Å². The number of nitrogens with two attached hydrogens (primary N) is 1. The fraction of sp³-hybridized carbons (Fsp3) is 0.625. The number of aliphatic carboxylic acids is 1. The summed E-state index contributed by atoms with van der Waals surface area (Å²) in [6.07, 6.45) is -0.875. The van der Waals surface area contributed by atoms with E-state index in [2.05, 4.69) is 5.32 Å². The predicted octanol–water partition coefficient (Wildman–Crippen LogP) is -2.30. The zero-order valence-corrected chi connectivity index (χ0v) is 8.42. The van der Waals surface area contributed by atoms with E-state index in [1.165, 1.54) is 0 Å². The summed E-state index contributed by atoms with van der Waals surface area (Å²) in [5.74, 6) is -1.91. The van der Waals surface area contributed by atoms with E-state index in [4.69, 9.17) is 10.8 Å². The van der Waals surface area contributed by atoms with Crippen LogP contribution in [0.5, 0.6) is 0 Å². The van der Waals surface area contributed by atoms with Gasteiger partial charge in [-0.05, 0) is 0 Å². The molecule has 0 spiro atoms. The number of β-amino-alcohol motifs (C(OH)–C–C–N with tert-alkyl or cyclic N) is 1. The van der Waals surface area contributed by atoms with Crippen LogP contribution in [0.4, 0.5) is 4.79 Å². The Hall–Kier alpha value is -1.83. The third-order valence-electron chi connectivity index (χ3n) is 2.24. The Morgan fingerprint density at radius 3 is 2.56 bits per heavy atom. The van der Waals surface area contributed by atoms with E-state index < -0.39 is 30.1 Å². The summed E-state index contributed by atoms with van der Waals surface area (Å²) in [7, 11) is 0. The zero-order valence-electron chi connectivity index (χ0n) is 8.42. The van der Waals surface area contributed by atoms with Crippen molar-refractivity contribution in [2.45, 2.75) is 18.6 Å². The van der Waals surface area contributed by atoms with Gasteiger partial charge in [-0.2, -0.15) is 0 Å². The smallest absolute Gasteiger partial charge is 0.326 e. The maximum absolute atomic E-state index is 11.4. The standard InChI is InChI=1S/C8H13N3O5/c9-6(13)2-10-8(16)11-3-4(12)1-5(11)7(14)15/h4-5,12H,1-3H2,(H2,9,13)(H,10,16)(H,14,15)/t4?,5-/m0/s1. The van der Waals surface area contributed by atoms with Gasteiger partial charge in [0.15, 0.2) is 0 Å². The summed E-state index contributed by atoms with van der Waals surface area (Å²) >= 11 is 0. The maximum Gasteiger partial charge on any atom is 0.326 e. The lowest BCUT2D eigenvalue weighted by molar-refractivity contribution is -0.141. The molecule has 3 amide bonds. The quantitative estimate of drug-likeness (QED) is 0.433. The molecule has 8 heteroatoms. The lowest BCUT2D eigenvalue weighted by Crippen LogP contribution is -2.48. The van der Waals surface area contributed by atoms with E-state index in [1.807, 2.05) is 0 Å². The van der Waals surface area contributed by atoms with Crippen molar-refractivity contribution in [3.8, 4) is 0 Å². The minimum Gasteiger partial charge on any atom is -0.480 e. The third kappa shape index (κ3) is 2.83. The molecule has 1 aliphatic rings. The minimum atomic E-state index is -1.19. The van der Waals surface area contributed by atoms with Crippen molar-refractivity contribution in [2.75, 3.05) is 13.1 Å². The van der Waals surface area contributed by atoms with Gasteiger partial charge >= 0.3 is 12.0 Å². The first kappa shape index (κ1) is 12.2. The summed E-state index contributed by atoms with van der Waals surface area (Å²) in [6.45, 7) is -0.431. The number of amides is 3. The second-order valence-corrected chi connectivity index (χ2v) is 3.52. The average molecular weight is 231 g/mol. The number of aliphatic hydroxyl groups is 1. The summed E-state index contributed by atoms with van der Waals surface area (Å²) in [5, 5.41) is 20.2. The van der Waals surface area contributed by atoms with Gasteiger partial charge in [-0.3, -0.25) is 4.79 Å². The molecule has 0 bridgehead atoms. The highest BCUT2D eigenvalue weighted by atomic mass is 16.4. The molecule has 5 N–H and O–H groups in total. The van der Waals surface area contributed by atoms with Crippen molar-refractivity contribution in [1.29, 1.82) is 0 Å². The fourth-order valence-electron chi connectivity index (χ4n) is 1.54. The van der Waals surface area contributed by atoms with Gasteiger partial charge in [0, 0.05) is 13.0 Å². The number of carbonyl (C=O) groups excluding carboxylic acids is 2. The van der Waals surface area contributed by atoms with E-state index in [1.54, 1.807) is 0 Å². The number of hydrogen-bond donors (Lipinski definition) is 4. The molecule has 8 nitrogen and oxygen atoms in total. The number of aliphatic hydroxyl groups excluding tert-OH is 1. The van der Waals surface area contributed by atoms with Gasteiger partial charge in [0.2, 0.25) is 5.91 Å². The molecule has 16 heavy (non-hydrogen) atoms. The molecule has 1 fully saturated rings. The Labute approximate surface area is 91.0 Å². The van der Waals surface area contributed by atoms with Gasteiger partial charge in [0.25, 0.3) is 0 Å². The van der Waals surface area contributed by atoms with Crippen LogP contribution in [0.1, 0.15) is 6.42 Å². The van der Waals surface area contributed by atoms with Crippen molar-refractivity contribution in [1.82, 2.24) is 10.2 Å². The number of rotatable bonds is 3. The number of likely N-dealkylation sites (tertiary alicyclic amines) is 1. The van der Waals surface area contributed by atoms with E-state index >= 15 is 0 Å². The van der Waals surface area contributed by atoms with Crippen molar-refractivity contribution in [3.05, 3.63) is 0 Å². The molecule has 0 radical (unpaired) electrons. The number of urea groups is 1. The molecule has 0 aromatic rings.